The van der Waals surface area contributed by atoms with Crippen molar-refractivity contribution in [3.05, 3.63) is 93.7 Å². The molecule has 9 heteroatoms. The van der Waals surface area contributed by atoms with Crippen molar-refractivity contribution in [3.63, 3.8) is 0 Å². The van der Waals surface area contributed by atoms with E-state index in [4.69, 9.17) is 23.2 Å². The smallest absolute Gasteiger partial charge is 0.264 e. The van der Waals surface area contributed by atoms with Crippen molar-refractivity contribution in [3.8, 4) is 0 Å². The number of hydrogen-bond donors (Lipinski definition) is 1. The van der Waals surface area contributed by atoms with Gasteiger partial charge in [-0.3, -0.25) is 9.10 Å². The van der Waals surface area contributed by atoms with Crippen molar-refractivity contribution in [2.75, 3.05) is 10.8 Å². The molecule has 0 aliphatic carbocycles. The number of anilines is 1. The molecule has 0 saturated heterocycles. The molecule has 1 unspecified atom stereocenters. The first kappa shape index (κ1) is 24.0. The van der Waals surface area contributed by atoms with Gasteiger partial charge in [0.25, 0.3) is 10.0 Å². The monoisotopic (exact) mass is 494 g/mol. The van der Waals surface area contributed by atoms with E-state index in [2.05, 4.69) is 5.32 Å². The van der Waals surface area contributed by atoms with Gasteiger partial charge in [-0.2, -0.15) is 0 Å². The highest BCUT2D eigenvalue weighted by Gasteiger charge is 2.28. The van der Waals surface area contributed by atoms with Gasteiger partial charge in [-0.15, -0.1) is 0 Å². The first-order chi connectivity index (χ1) is 15.1. The van der Waals surface area contributed by atoms with Gasteiger partial charge in [0.05, 0.1) is 16.6 Å². The molecule has 3 aromatic rings. The molecule has 0 aliphatic heterocycles. The second-order valence-electron chi connectivity index (χ2n) is 7.29. The summed E-state index contributed by atoms with van der Waals surface area (Å²) in [6, 6.07) is 15.8. The average molecular weight is 495 g/mol. The van der Waals surface area contributed by atoms with Crippen molar-refractivity contribution in [2.45, 2.75) is 24.8 Å². The number of amides is 1. The Morgan fingerprint density at radius 2 is 1.56 bits per heavy atom. The standard InChI is InChI=1S/C23H21Cl2FN2O3S/c1-15-3-9-22(10-4-15)32(30,31)28(21-12-18(24)11-19(25)13-21)14-23(29)27-16(2)17-5-7-20(26)8-6-17/h3-13,16H,14H2,1-2H3,(H,27,29). The number of carbonyl (C=O) groups is 1. The summed E-state index contributed by atoms with van der Waals surface area (Å²) < 4.78 is 41.0. The van der Waals surface area contributed by atoms with Crippen LogP contribution in [0.25, 0.3) is 0 Å². The number of nitrogens with zero attached hydrogens (tertiary/aromatic N) is 1. The highest BCUT2D eigenvalue weighted by molar-refractivity contribution is 7.92. The predicted molar refractivity (Wildman–Crippen MR) is 125 cm³/mol. The molecular weight excluding hydrogens is 474 g/mol. The van der Waals surface area contributed by atoms with Gasteiger partial charge in [0.2, 0.25) is 5.91 Å². The van der Waals surface area contributed by atoms with Crippen LogP contribution < -0.4 is 9.62 Å². The third kappa shape index (κ3) is 5.79. The van der Waals surface area contributed by atoms with Gasteiger partial charge < -0.3 is 5.32 Å². The van der Waals surface area contributed by atoms with Crippen molar-refractivity contribution >= 4 is 44.8 Å². The van der Waals surface area contributed by atoms with E-state index in [0.717, 1.165) is 9.87 Å². The van der Waals surface area contributed by atoms with Gasteiger partial charge in [0.15, 0.2) is 0 Å². The molecule has 3 aromatic carbocycles. The minimum absolute atomic E-state index is 0.0265. The highest BCUT2D eigenvalue weighted by Crippen LogP contribution is 2.30. The van der Waals surface area contributed by atoms with Crippen LogP contribution in [0.5, 0.6) is 0 Å². The molecule has 1 amide bonds. The van der Waals surface area contributed by atoms with Crippen molar-refractivity contribution in [1.82, 2.24) is 5.32 Å². The molecule has 1 N–H and O–H groups in total. The Hall–Kier alpha value is -2.61. The number of benzene rings is 3. The Morgan fingerprint density at radius 3 is 2.12 bits per heavy atom. The van der Waals surface area contributed by atoms with E-state index in [0.29, 0.717) is 5.56 Å². The molecule has 0 heterocycles. The average Bonchev–Trinajstić information content (AvgIpc) is 2.72. The van der Waals surface area contributed by atoms with Crippen LogP contribution in [0.15, 0.2) is 71.6 Å². The first-order valence-corrected chi connectivity index (χ1v) is 11.9. The molecule has 0 saturated carbocycles. The molecule has 0 radical (unpaired) electrons. The molecule has 0 aromatic heterocycles. The van der Waals surface area contributed by atoms with Crippen LogP contribution in [0.4, 0.5) is 10.1 Å². The van der Waals surface area contributed by atoms with Crippen molar-refractivity contribution in [2.24, 2.45) is 0 Å². The summed E-state index contributed by atoms with van der Waals surface area (Å²) in [7, 11) is -4.10. The lowest BCUT2D eigenvalue weighted by Crippen LogP contribution is -2.41. The Bertz CT molecular complexity index is 1200. The number of aryl methyl sites for hydroxylation is 1. The summed E-state index contributed by atoms with van der Waals surface area (Å²) >= 11 is 12.2. The highest BCUT2D eigenvalue weighted by atomic mass is 35.5. The summed E-state index contributed by atoms with van der Waals surface area (Å²) in [5, 5.41) is 3.21. The molecule has 3 rings (SSSR count). The van der Waals surface area contributed by atoms with Gasteiger partial charge in [-0.1, -0.05) is 53.0 Å². The summed E-state index contributed by atoms with van der Waals surface area (Å²) in [4.78, 5) is 12.8. The fraction of sp³-hybridized carbons (Fsp3) is 0.174. The maximum absolute atomic E-state index is 13.4. The fourth-order valence-electron chi connectivity index (χ4n) is 3.09. The number of carbonyl (C=O) groups excluding carboxylic acids is 1. The summed E-state index contributed by atoms with van der Waals surface area (Å²) in [5.41, 5.74) is 1.73. The summed E-state index contributed by atoms with van der Waals surface area (Å²) in [5.74, 6) is -0.936. The zero-order valence-electron chi connectivity index (χ0n) is 17.3. The molecule has 0 aliphatic rings. The lowest BCUT2D eigenvalue weighted by atomic mass is 10.1. The summed E-state index contributed by atoms with van der Waals surface area (Å²) in [6.07, 6.45) is 0. The minimum atomic E-state index is -4.10. The van der Waals surface area contributed by atoms with Crippen LogP contribution in [0.2, 0.25) is 10.0 Å². The van der Waals surface area contributed by atoms with E-state index >= 15 is 0 Å². The Kier molecular flexibility index (Phi) is 7.44. The lowest BCUT2D eigenvalue weighted by Gasteiger charge is -2.25. The van der Waals surface area contributed by atoms with Crippen LogP contribution in [0.1, 0.15) is 24.1 Å². The molecule has 0 fully saturated rings. The molecule has 0 bridgehead atoms. The number of rotatable bonds is 7. The maximum atomic E-state index is 13.4. The van der Waals surface area contributed by atoms with Gasteiger partial charge in [0.1, 0.15) is 12.4 Å². The third-order valence-corrected chi connectivity index (χ3v) is 7.00. The third-order valence-electron chi connectivity index (χ3n) is 4.78. The van der Waals surface area contributed by atoms with E-state index in [9.17, 15) is 17.6 Å². The number of nitrogens with one attached hydrogen (secondary N) is 1. The largest absolute Gasteiger partial charge is 0.348 e. The Labute approximate surface area is 196 Å². The summed E-state index contributed by atoms with van der Waals surface area (Å²) in [6.45, 7) is 3.06. The van der Waals surface area contributed by atoms with Gasteiger partial charge in [-0.25, -0.2) is 12.8 Å². The number of sulfonamides is 1. The molecule has 1 atom stereocenters. The van der Waals surface area contributed by atoms with Gasteiger partial charge >= 0.3 is 0 Å². The molecular formula is C23H21Cl2FN2O3S. The maximum Gasteiger partial charge on any atom is 0.264 e. The van der Waals surface area contributed by atoms with Crippen LogP contribution in [0, 0.1) is 12.7 Å². The molecule has 168 valence electrons. The van der Waals surface area contributed by atoms with Crippen molar-refractivity contribution in [1.29, 1.82) is 0 Å². The second-order valence-corrected chi connectivity index (χ2v) is 10.0. The molecule has 32 heavy (non-hydrogen) atoms. The van der Waals surface area contributed by atoms with Crippen LogP contribution in [0.3, 0.4) is 0 Å². The second kappa shape index (κ2) is 9.90. The van der Waals surface area contributed by atoms with Crippen LogP contribution in [-0.4, -0.2) is 20.9 Å². The van der Waals surface area contributed by atoms with Crippen LogP contribution in [-0.2, 0) is 14.8 Å². The normalized spacial score (nSPS) is 12.3. The first-order valence-electron chi connectivity index (χ1n) is 9.66. The Morgan fingerprint density at radius 1 is 1.00 bits per heavy atom. The zero-order valence-corrected chi connectivity index (χ0v) is 19.7. The van der Waals surface area contributed by atoms with E-state index < -0.39 is 28.5 Å². The number of hydrogen-bond acceptors (Lipinski definition) is 3. The fourth-order valence-corrected chi connectivity index (χ4v) is 5.01. The quantitative estimate of drug-likeness (QED) is 0.470. The van der Waals surface area contributed by atoms with E-state index in [1.165, 1.54) is 42.5 Å². The Balaban J connectivity index is 1.92. The van der Waals surface area contributed by atoms with E-state index in [1.807, 2.05) is 6.92 Å². The van der Waals surface area contributed by atoms with E-state index in [-0.39, 0.29) is 26.4 Å². The van der Waals surface area contributed by atoms with Crippen molar-refractivity contribution < 1.29 is 17.6 Å². The number of halogens is 3. The SMILES string of the molecule is Cc1ccc(S(=O)(=O)N(CC(=O)NC(C)c2ccc(F)cc2)c2cc(Cl)cc(Cl)c2)cc1. The molecule has 5 nitrogen and oxygen atoms in total. The lowest BCUT2D eigenvalue weighted by molar-refractivity contribution is -0.120. The van der Waals surface area contributed by atoms with Gasteiger partial charge in [-0.05, 0) is 61.9 Å². The van der Waals surface area contributed by atoms with Gasteiger partial charge in [0, 0.05) is 10.0 Å². The van der Waals surface area contributed by atoms with Crippen LogP contribution >= 0.6 is 23.2 Å². The van der Waals surface area contributed by atoms with E-state index in [1.54, 1.807) is 31.2 Å². The topological polar surface area (TPSA) is 66.5 Å². The molecule has 0 spiro atoms. The zero-order chi connectivity index (χ0) is 23.5. The predicted octanol–water partition coefficient (Wildman–Crippen LogP) is 5.51. The minimum Gasteiger partial charge on any atom is -0.348 e.